The highest BCUT2D eigenvalue weighted by Crippen LogP contribution is 2.41. The van der Waals surface area contributed by atoms with Crippen LogP contribution in [0.2, 0.25) is 0 Å². The Balaban J connectivity index is 1.05. The highest BCUT2D eigenvalue weighted by atomic mass is 32.1. The third-order valence-electron chi connectivity index (χ3n) is 11.9. The van der Waals surface area contributed by atoms with Crippen LogP contribution in [0, 0.1) is 0 Å². The van der Waals surface area contributed by atoms with Crippen LogP contribution in [-0.2, 0) is 0 Å². The molecule has 0 aliphatic rings. The molecule has 0 atom stereocenters. The number of fused-ring (bicyclic) bond motifs is 13. The maximum Gasteiger partial charge on any atom is 0.235 e. The molecule has 0 saturated heterocycles. The van der Waals surface area contributed by atoms with E-state index in [1.807, 2.05) is 11.3 Å². The fourth-order valence-electron chi connectivity index (χ4n) is 9.33. The molecule has 13 rings (SSSR count). The van der Waals surface area contributed by atoms with Crippen molar-refractivity contribution in [3.8, 4) is 22.9 Å². The van der Waals surface area contributed by atoms with Gasteiger partial charge in [-0.05, 0) is 82.2 Å². The van der Waals surface area contributed by atoms with Gasteiger partial charge in [0.1, 0.15) is 0 Å². The molecule has 13 aromatic rings. The van der Waals surface area contributed by atoms with Crippen LogP contribution < -0.4 is 0 Å². The molecule has 0 spiro atoms. The fourth-order valence-corrected chi connectivity index (χ4v) is 10.5. The second kappa shape index (κ2) is 11.6. The van der Waals surface area contributed by atoms with Crippen molar-refractivity contribution in [1.82, 2.24) is 19.1 Å². The molecule has 0 fully saturated rings. The Morgan fingerprint density at radius 1 is 0.368 bits per heavy atom. The summed E-state index contributed by atoms with van der Waals surface area (Å²) in [6.07, 6.45) is 0. The van der Waals surface area contributed by atoms with E-state index >= 15 is 0 Å². The minimum absolute atomic E-state index is 0.663. The number of hydrogen-bond donors (Lipinski definition) is 0. The van der Waals surface area contributed by atoms with E-state index in [0.717, 1.165) is 44.3 Å². The van der Waals surface area contributed by atoms with E-state index in [9.17, 15) is 0 Å². The molecular weight excluding hydrogens is 713 g/mol. The second-order valence-corrected chi connectivity index (χ2v) is 16.1. The van der Waals surface area contributed by atoms with Gasteiger partial charge in [0.25, 0.3) is 0 Å². The van der Waals surface area contributed by atoms with Gasteiger partial charge in [0.05, 0.1) is 33.3 Å². The third-order valence-corrected chi connectivity index (χ3v) is 13.0. The summed E-state index contributed by atoms with van der Waals surface area (Å²) in [5.41, 5.74) is 8.63. The van der Waals surface area contributed by atoms with Crippen LogP contribution in [0.3, 0.4) is 0 Å². The molecule has 4 aromatic heterocycles. The van der Waals surface area contributed by atoms with Crippen LogP contribution in [0.4, 0.5) is 0 Å². The van der Waals surface area contributed by atoms with Crippen LogP contribution >= 0.6 is 11.3 Å². The molecule has 0 radical (unpaired) electrons. The standard InChI is InChI=1S/C52H30N4S/c1-2-12-36-31(11-1)23-26-46-50(36)41-16-5-9-19-45(41)55(46)35-24-21-32-28-42-37-13-4-8-18-44(37)56(47(42)29-34(32)27-35)52-53-43-17-7-3-15-40(43)51(54-52)33-22-25-39-38-14-6-10-20-48(38)57-49(39)30-33/h1-30H. The first kappa shape index (κ1) is 30.9. The molecule has 4 heterocycles. The van der Waals surface area contributed by atoms with E-state index in [-0.39, 0.29) is 0 Å². The van der Waals surface area contributed by atoms with Crippen molar-refractivity contribution >= 4 is 108 Å². The van der Waals surface area contributed by atoms with Crippen molar-refractivity contribution in [2.75, 3.05) is 0 Å². The summed E-state index contributed by atoms with van der Waals surface area (Å²) in [7, 11) is 0. The minimum atomic E-state index is 0.663. The summed E-state index contributed by atoms with van der Waals surface area (Å²) >= 11 is 1.83. The molecule has 4 nitrogen and oxygen atoms in total. The Morgan fingerprint density at radius 3 is 1.96 bits per heavy atom. The molecule has 57 heavy (non-hydrogen) atoms. The number of nitrogens with zero attached hydrogens (tertiary/aromatic N) is 4. The Morgan fingerprint density at radius 2 is 1.07 bits per heavy atom. The monoisotopic (exact) mass is 742 g/mol. The first-order valence-electron chi connectivity index (χ1n) is 19.3. The largest absolute Gasteiger partial charge is 0.309 e. The van der Waals surface area contributed by atoms with Crippen molar-refractivity contribution in [3.63, 3.8) is 0 Å². The van der Waals surface area contributed by atoms with Crippen LogP contribution in [0.25, 0.3) is 119 Å². The van der Waals surface area contributed by atoms with E-state index < -0.39 is 0 Å². The van der Waals surface area contributed by atoms with Gasteiger partial charge in [-0.2, -0.15) is 0 Å². The van der Waals surface area contributed by atoms with Gasteiger partial charge in [0, 0.05) is 58.4 Å². The third kappa shape index (κ3) is 4.43. The lowest BCUT2D eigenvalue weighted by Gasteiger charge is -2.13. The Labute approximate surface area is 330 Å². The summed E-state index contributed by atoms with van der Waals surface area (Å²) in [5, 5.41) is 13.4. The number of rotatable bonds is 3. The molecule has 0 bridgehead atoms. The zero-order valence-electron chi connectivity index (χ0n) is 30.5. The molecule has 0 unspecified atom stereocenters. The molecule has 0 aliphatic heterocycles. The zero-order valence-corrected chi connectivity index (χ0v) is 31.3. The van der Waals surface area contributed by atoms with Crippen LogP contribution in [0.15, 0.2) is 182 Å². The van der Waals surface area contributed by atoms with Gasteiger partial charge in [-0.1, -0.05) is 121 Å². The van der Waals surface area contributed by atoms with Gasteiger partial charge in [-0.15, -0.1) is 11.3 Å². The highest BCUT2D eigenvalue weighted by molar-refractivity contribution is 7.25. The molecule has 264 valence electrons. The van der Waals surface area contributed by atoms with Gasteiger partial charge in [0.15, 0.2) is 0 Å². The molecular formula is C52H30N4S. The van der Waals surface area contributed by atoms with Crippen molar-refractivity contribution in [1.29, 1.82) is 0 Å². The predicted octanol–water partition coefficient (Wildman–Crippen LogP) is 14.2. The maximum atomic E-state index is 5.46. The van der Waals surface area contributed by atoms with Crippen molar-refractivity contribution < 1.29 is 0 Å². The first-order valence-corrected chi connectivity index (χ1v) is 20.1. The zero-order chi connectivity index (χ0) is 37.2. The van der Waals surface area contributed by atoms with E-state index in [2.05, 4.69) is 191 Å². The van der Waals surface area contributed by atoms with Crippen molar-refractivity contribution in [3.05, 3.63) is 182 Å². The van der Waals surface area contributed by atoms with Gasteiger partial charge in [0.2, 0.25) is 5.95 Å². The van der Waals surface area contributed by atoms with E-state index in [4.69, 9.17) is 9.97 Å². The van der Waals surface area contributed by atoms with Crippen LogP contribution in [-0.4, -0.2) is 19.1 Å². The van der Waals surface area contributed by atoms with E-state index in [0.29, 0.717) is 5.95 Å². The number of aromatic nitrogens is 4. The smallest absolute Gasteiger partial charge is 0.235 e. The molecule has 5 heteroatoms. The molecule has 0 amide bonds. The molecule has 0 N–H and O–H groups in total. The topological polar surface area (TPSA) is 35.6 Å². The highest BCUT2D eigenvalue weighted by Gasteiger charge is 2.20. The average Bonchev–Trinajstić information content (AvgIpc) is 3.92. The quantitative estimate of drug-likeness (QED) is 0.181. The number of benzene rings is 9. The molecule has 0 saturated carbocycles. The number of hydrogen-bond acceptors (Lipinski definition) is 3. The lowest BCUT2D eigenvalue weighted by atomic mass is 10.0. The van der Waals surface area contributed by atoms with Gasteiger partial charge in [-0.25, -0.2) is 9.97 Å². The Kier molecular flexibility index (Phi) is 6.29. The lowest BCUT2D eigenvalue weighted by Crippen LogP contribution is -2.03. The second-order valence-electron chi connectivity index (χ2n) is 15.0. The summed E-state index contributed by atoms with van der Waals surface area (Å²) in [5.74, 6) is 0.663. The first-order chi connectivity index (χ1) is 28.2. The van der Waals surface area contributed by atoms with Crippen LogP contribution in [0.1, 0.15) is 0 Å². The SMILES string of the molecule is c1ccc2c(c1)ccc1c2c2ccccc2n1-c1ccc2cc3c4ccccc4n(-c4nc(-c5ccc6c(c5)sc5ccccc56)c5ccccc5n4)c3cc2c1. The fraction of sp³-hybridized carbons (Fsp3) is 0. The van der Waals surface area contributed by atoms with E-state index in [1.165, 1.54) is 68.9 Å². The normalized spacial score (nSPS) is 12.2. The number of thiophene rings is 1. The van der Waals surface area contributed by atoms with Gasteiger partial charge >= 0.3 is 0 Å². The van der Waals surface area contributed by atoms with Gasteiger partial charge in [-0.3, -0.25) is 4.57 Å². The lowest BCUT2D eigenvalue weighted by molar-refractivity contribution is 1.01. The summed E-state index contributed by atoms with van der Waals surface area (Å²) in [6.45, 7) is 0. The summed E-state index contributed by atoms with van der Waals surface area (Å²) < 4.78 is 7.23. The van der Waals surface area contributed by atoms with Crippen LogP contribution in [0.5, 0.6) is 0 Å². The Bertz CT molecular complexity index is 3830. The Hall–Kier alpha value is -7.34. The summed E-state index contributed by atoms with van der Waals surface area (Å²) in [6, 6.07) is 66.0. The predicted molar refractivity (Wildman–Crippen MR) is 242 cm³/mol. The summed E-state index contributed by atoms with van der Waals surface area (Å²) in [4.78, 5) is 10.7. The van der Waals surface area contributed by atoms with Crippen molar-refractivity contribution in [2.45, 2.75) is 0 Å². The molecule has 9 aromatic carbocycles. The van der Waals surface area contributed by atoms with Crippen molar-refractivity contribution in [2.24, 2.45) is 0 Å². The number of para-hydroxylation sites is 3. The average molecular weight is 743 g/mol. The van der Waals surface area contributed by atoms with Gasteiger partial charge < -0.3 is 4.57 Å². The maximum absolute atomic E-state index is 5.46. The molecule has 0 aliphatic carbocycles. The van der Waals surface area contributed by atoms with E-state index in [1.54, 1.807) is 0 Å². The minimum Gasteiger partial charge on any atom is -0.309 e.